The monoisotopic (exact) mass is 376 g/mol. The number of esters is 1. The third kappa shape index (κ3) is 4.40. The molecule has 26 heavy (non-hydrogen) atoms. The number of carbonyl (C=O) groups excluding carboxylic acids is 2. The minimum Gasteiger partial charge on any atom is -0.467 e. The predicted molar refractivity (Wildman–Crippen MR) is 97.3 cm³/mol. The van der Waals surface area contributed by atoms with Gasteiger partial charge in [-0.25, -0.2) is 22.7 Å². The Labute approximate surface area is 152 Å². The molecule has 7 nitrogen and oxygen atoms in total. The van der Waals surface area contributed by atoms with Crippen LogP contribution in [0.1, 0.15) is 12.5 Å². The van der Waals surface area contributed by atoms with Gasteiger partial charge in [0.05, 0.1) is 12.0 Å². The Kier molecular flexibility index (Phi) is 5.99. The van der Waals surface area contributed by atoms with E-state index in [2.05, 4.69) is 4.74 Å². The van der Waals surface area contributed by atoms with Crippen molar-refractivity contribution in [2.75, 3.05) is 12.0 Å². The Balaban J connectivity index is 2.34. The van der Waals surface area contributed by atoms with E-state index in [1.165, 1.54) is 26.2 Å². The highest BCUT2D eigenvalue weighted by Gasteiger charge is 2.31. The molecule has 0 heterocycles. The first-order valence-corrected chi connectivity index (χ1v) is 9.30. The highest BCUT2D eigenvalue weighted by molar-refractivity contribution is 7.90. The number of aryl methyl sites for hydroxylation is 1. The summed E-state index contributed by atoms with van der Waals surface area (Å²) in [6, 6.07) is 12.4. The average molecular weight is 376 g/mol. The van der Waals surface area contributed by atoms with Gasteiger partial charge >= 0.3 is 12.0 Å². The maximum Gasteiger partial charge on any atom is 0.336 e. The van der Waals surface area contributed by atoms with Gasteiger partial charge in [0.25, 0.3) is 10.0 Å². The van der Waals surface area contributed by atoms with Gasteiger partial charge in [-0.1, -0.05) is 35.9 Å². The number of nitrogens with zero attached hydrogens (tertiary/aromatic N) is 1. The van der Waals surface area contributed by atoms with Crippen molar-refractivity contribution in [3.63, 3.8) is 0 Å². The number of methoxy groups -OCH3 is 1. The Morgan fingerprint density at radius 2 is 1.62 bits per heavy atom. The van der Waals surface area contributed by atoms with Gasteiger partial charge in [-0.15, -0.1) is 0 Å². The first-order valence-electron chi connectivity index (χ1n) is 7.82. The van der Waals surface area contributed by atoms with E-state index >= 15 is 0 Å². The van der Waals surface area contributed by atoms with Crippen LogP contribution in [0, 0.1) is 6.92 Å². The first-order chi connectivity index (χ1) is 12.3. The minimum absolute atomic E-state index is 0.0461. The number of para-hydroxylation sites is 1. The number of rotatable bonds is 5. The molecular formula is C18H20N2O5S. The lowest BCUT2D eigenvalue weighted by Crippen LogP contribution is -2.50. The molecule has 0 spiro atoms. The number of anilines is 1. The van der Waals surface area contributed by atoms with Crippen LogP contribution in [-0.4, -0.2) is 33.6 Å². The van der Waals surface area contributed by atoms with Gasteiger partial charge in [0.2, 0.25) is 0 Å². The molecule has 138 valence electrons. The zero-order valence-electron chi connectivity index (χ0n) is 14.7. The molecule has 0 radical (unpaired) electrons. The summed E-state index contributed by atoms with van der Waals surface area (Å²) in [5.74, 6) is -0.670. The third-order valence-electron chi connectivity index (χ3n) is 3.74. The lowest BCUT2D eigenvalue weighted by Gasteiger charge is -2.27. The smallest absolute Gasteiger partial charge is 0.336 e. The fourth-order valence-corrected chi connectivity index (χ4v) is 3.26. The molecule has 8 heteroatoms. The quantitative estimate of drug-likeness (QED) is 0.809. The largest absolute Gasteiger partial charge is 0.467 e. The fourth-order valence-electron chi connectivity index (χ4n) is 2.32. The van der Waals surface area contributed by atoms with E-state index in [1.54, 1.807) is 42.5 Å². The second-order valence-corrected chi connectivity index (χ2v) is 7.31. The Morgan fingerprint density at radius 3 is 2.15 bits per heavy atom. The summed E-state index contributed by atoms with van der Waals surface area (Å²) in [7, 11) is -2.89. The molecule has 2 aromatic rings. The molecule has 1 N–H and O–H groups in total. The van der Waals surface area contributed by atoms with E-state index in [0.29, 0.717) is 5.69 Å². The van der Waals surface area contributed by atoms with E-state index in [4.69, 9.17) is 0 Å². The van der Waals surface area contributed by atoms with E-state index in [-0.39, 0.29) is 4.90 Å². The SMILES string of the molecule is COC(=O)[C@H](C)N(C(=O)NS(=O)(=O)c1ccc(C)cc1)c1ccccc1. The standard InChI is InChI=1S/C18H20N2O5S/c1-13-9-11-16(12-10-13)26(23,24)19-18(22)20(14(2)17(21)25-3)15-7-5-4-6-8-15/h4-12,14H,1-3H3,(H,19,22)/t14-/m0/s1. The van der Waals surface area contributed by atoms with Crippen LogP contribution < -0.4 is 9.62 Å². The van der Waals surface area contributed by atoms with E-state index in [0.717, 1.165) is 10.5 Å². The number of carbonyl (C=O) groups is 2. The number of urea groups is 1. The second kappa shape index (κ2) is 8.01. The van der Waals surface area contributed by atoms with Gasteiger partial charge in [0.15, 0.2) is 0 Å². The number of hydrogen-bond donors (Lipinski definition) is 1. The molecule has 2 rings (SSSR count). The molecule has 0 aromatic heterocycles. The van der Waals surface area contributed by atoms with Crippen molar-refractivity contribution in [3.05, 3.63) is 60.2 Å². The zero-order chi connectivity index (χ0) is 19.3. The summed E-state index contributed by atoms with van der Waals surface area (Å²) in [5, 5.41) is 0. The molecule has 0 saturated heterocycles. The highest BCUT2D eigenvalue weighted by atomic mass is 32.2. The van der Waals surface area contributed by atoms with Crippen LogP contribution in [0.4, 0.5) is 10.5 Å². The molecule has 0 unspecified atom stereocenters. The lowest BCUT2D eigenvalue weighted by molar-refractivity contribution is -0.141. The Morgan fingerprint density at radius 1 is 1.04 bits per heavy atom. The Bertz CT molecular complexity index is 880. The summed E-state index contributed by atoms with van der Waals surface area (Å²) in [4.78, 5) is 25.6. The molecular weight excluding hydrogens is 356 g/mol. The Hall–Kier alpha value is -2.87. The minimum atomic E-state index is -4.09. The van der Waals surface area contributed by atoms with Crippen LogP contribution in [0.15, 0.2) is 59.5 Å². The number of nitrogens with one attached hydrogen (secondary N) is 1. The highest BCUT2D eigenvalue weighted by Crippen LogP contribution is 2.19. The molecule has 0 aliphatic carbocycles. The maximum atomic E-state index is 12.7. The van der Waals surface area contributed by atoms with Crippen molar-refractivity contribution in [2.24, 2.45) is 0 Å². The van der Waals surface area contributed by atoms with E-state index in [9.17, 15) is 18.0 Å². The molecule has 0 aliphatic rings. The number of benzene rings is 2. The predicted octanol–water partition coefficient (Wildman–Crippen LogP) is 2.46. The fraction of sp³-hybridized carbons (Fsp3) is 0.222. The molecule has 0 fully saturated rings. The van der Waals surface area contributed by atoms with Crippen molar-refractivity contribution in [3.8, 4) is 0 Å². The van der Waals surface area contributed by atoms with Crippen LogP contribution in [0.2, 0.25) is 0 Å². The second-order valence-electron chi connectivity index (χ2n) is 5.63. The maximum absolute atomic E-state index is 12.7. The number of amides is 2. The average Bonchev–Trinajstić information content (AvgIpc) is 2.62. The van der Waals surface area contributed by atoms with Crippen LogP contribution in [0.3, 0.4) is 0 Å². The van der Waals surface area contributed by atoms with Crippen LogP contribution >= 0.6 is 0 Å². The van der Waals surface area contributed by atoms with E-state index < -0.39 is 28.1 Å². The van der Waals surface area contributed by atoms with Gasteiger partial charge in [0.1, 0.15) is 6.04 Å². The molecule has 0 aliphatic heterocycles. The summed E-state index contributed by atoms with van der Waals surface area (Å²) in [5.41, 5.74) is 1.25. The van der Waals surface area contributed by atoms with Crippen molar-refractivity contribution < 1.29 is 22.7 Å². The van der Waals surface area contributed by atoms with Gasteiger partial charge in [-0.05, 0) is 38.1 Å². The van der Waals surface area contributed by atoms with Gasteiger partial charge in [-0.3, -0.25) is 4.90 Å². The number of sulfonamides is 1. The third-order valence-corrected chi connectivity index (χ3v) is 5.07. The molecule has 2 aromatic carbocycles. The lowest BCUT2D eigenvalue weighted by atomic mass is 10.2. The van der Waals surface area contributed by atoms with Crippen LogP contribution in [0.25, 0.3) is 0 Å². The van der Waals surface area contributed by atoms with Crippen LogP contribution in [0.5, 0.6) is 0 Å². The van der Waals surface area contributed by atoms with Gasteiger partial charge < -0.3 is 4.74 Å². The van der Waals surface area contributed by atoms with Crippen molar-refractivity contribution >= 4 is 27.7 Å². The van der Waals surface area contributed by atoms with Crippen LogP contribution in [-0.2, 0) is 19.6 Å². The normalized spacial score (nSPS) is 12.1. The van der Waals surface area contributed by atoms with Gasteiger partial charge in [-0.2, -0.15) is 0 Å². The summed E-state index contributed by atoms with van der Waals surface area (Å²) in [6.45, 7) is 3.28. The molecule has 1 atom stereocenters. The first kappa shape index (κ1) is 19.5. The number of ether oxygens (including phenoxy) is 1. The van der Waals surface area contributed by atoms with Crippen molar-refractivity contribution in [1.82, 2.24) is 4.72 Å². The molecule has 0 saturated carbocycles. The van der Waals surface area contributed by atoms with Crippen molar-refractivity contribution in [1.29, 1.82) is 0 Å². The number of hydrogen-bond acceptors (Lipinski definition) is 5. The zero-order valence-corrected chi connectivity index (χ0v) is 15.5. The van der Waals surface area contributed by atoms with Gasteiger partial charge in [0, 0.05) is 5.69 Å². The summed E-state index contributed by atoms with van der Waals surface area (Å²) >= 11 is 0. The molecule has 0 bridgehead atoms. The molecule has 2 amide bonds. The topological polar surface area (TPSA) is 92.8 Å². The summed E-state index contributed by atoms with van der Waals surface area (Å²) < 4.78 is 31.6. The summed E-state index contributed by atoms with van der Waals surface area (Å²) in [6.07, 6.45) is 0. The van der Waals surface area contributed by atoms with Crippen molar-refractivity contribution in [2.45, 2.75) is 24.8 Å². The van der Waals surface area contributed by atoms with E-state index in [1.807, 2.05) is 11.6 Å².